The Hall–Kier alpha value is -3.06. The van der Waals surface area contributed by atoms with Gasteiger partial charge in [0.25, 0.3) is 5.91 Å². The van der Waals surface area contributed by atoms with Gasteiger partial charge in [-0.25, -0.2) is 0 Å². The van der Waals surface area contributed by atoms with Crippen LogP contribution in [0.3, 0.4) is 0 Å². The van der Waals surface area contributed by atoms with E-state index in [1.165, 1.54) is 0 Å². The van der Waals surface area contributed by atoms with Gasteiger partial charge in [0.2, 0.25) is 5.91 Å². The predicted octanol–water partition coefficient (Wildman–Crippen LogP) is 3.04. The first kappa shape index (κ1) is 20.7. The van der Waals surface area contributed by atoms with Crippen molar-refractivity contribution in [2.75, 3.05) is 36.9 Å². The van der Waals surface area contributed by atoms with Crippen LogP contribution in [0.15, 0.2) is 48.5 Å². The molecule has 1 atom stereocenters. The second-order valence-electron chi connectivity index (χ2n) is 6.79. The van der Waals surface area contributed by atoms with Crippen molar-refractivity contribution < 1.29 is 19.1 Å². The van der Waals surface area contributed by atoms with E-state index in [2.05, 4.69) is 16.0 Å². The van der Waals surface area contributed by atoms with Crippen molar-refractivity contribution in [3.63, 3.8) is 0 Å². The zero-order chi connectivity index (χ0) is 20.5. The Morgan fingerprint density at radius 1 is 1.14 bits per heavy atom. The highest BCUT2D eigenvalue weighted by molar-refractivity contribution is 5.96. The van der Waals surface area contributed by atoms with Crippen LogP contribution in [-0.2, 0) is 9.53 Å². The highest BCUT2D eigenvalue weighted by Crippen LogP contribution is 2.17. The quantitative estimate of drug-likeness (QED) is 0.605. The molecule has 1 aliphatic heterocycles. The average Bonchev–Trinajstić information content (AvgIpc) is 3.25. The largest absolute Gasteiger partial charge is 0.494 e. The Balaban J connectivity index is 1.48. The number of rotatable bonds is 9. The Labute approximate surface area is 170 Å². The average molecular weight is 397 g/mol. The van der Waals surface area contributed by atoms with Gasteiger partial charge in [0.15, 0.2) is 0 Å². The number of amides is 2. The smallest absolute Gasteiger partial charge is 0.251 e. The molecule has 3 N–H and O–H groups in total. The van der Waals surface area contributed by atoms with E-state index >= 15 is 0 Å². The third kappa shape index (κ3) is 6.50. The number of hydrogen-bond acceptors (Lipinski definition) is 5. The van der Waals surface area contributed by atoms with E-state index in [9.17, 15) is 9.59 Å². The molecule has 0 radical (unpaired) electrons. The topological polar surface area (TPSA) is 88.7 Å². The first-order valence-corrected chi connectivity index (χ1v) is 9.90. The van der Waals surface area contributed by atoms with E-state index in [1.807, 2.05) is 25.1 Å². The van der Waals surface area contributed by atoms with Crippen LogP contribution in [-0.4, -0.2) is 44.2 Å². The minimum atomic E-state index is -0.188. The van der Waals surface area contributed by atoms with Gasteiger partial charge < -0.3 is 25.4 Å². The van der Waals surface area contributed by atoms with Crippen LogP contribution in [0.5, 0.6) is 5.75 Å². The molecule has 29 heavy (non-hydrogen) atoms. The van der Waals surface area contributed by atoms with E-state index in [4.69, 9.17) is 9.47 Å². The summed E-state index contributed by atoms with van der Waals surface area (Å²) in [7, 11) is 0. The lowest BCUT2D eigenvalue weighted by Gasteiger charge is -2.12. The van der Waals surface area contributed by atoms with Gasteiger partial charge in [0.1, 0.15) is 5.75 Å². The number of carbonyl (C=O) groups is 2. The first-order valence-electron chi connectivity index (χ1n) is 9.90. The van der Waals surface area contributed by atoms with Crippen LogP contribution in [0, 0.1) is 0 Å². The zero-order valence-electron chi connectivity index (χ0n) is 16.6. The molecule has 7 nitrogen and oxygen atoms in total. The number of anilines is 2. The summed E-state index contributed by atoms with van der Waals surface area (Å²) in [5.74, 6) is 0.369. The summed E-state index contributed by atoms with van der Waals surface area (Å²) in [6.07, 6.45) is 2.12. The summed E-state index contributed by atoms with van der Waals surface area (Å²) >= 11 is 0. The van der Waals surface area contributed by atoms with Crippen LogP contribution >= 0.6 is 0 Å². The molecule has 0 spiro atoms. The molecule has 154 valence electrons. The van der Waals surface area contributed by atoms with E-state index < -0.39 is 0 Å². The molecule has 0 aliphatic carbocycles. The number of hydrogen-bond donors (Lipinski definition) is 3. The van der Waals surface area contributed by atoms with Crippen molar-refractivity contribution in [1.29, 1.82) is 0 Å². The van der Waals surface area contributed by atoms with Gasteiger partial charge in [-0.3, -0.25) is 9.59 Å². The third-order valence-electron chi connectivity index (χ3n) is 4.52. The van der Waals surface area contributed by atoms with Gasteiger partial charge in [-0.1, -0.05) is 12.1 Å². The molecule has 7 heteroatoms. The van der Waals surface area contributed by atoms with Gasteiger partial charge in [0, 0.05) is 36.2 Å². The van der Waals surface area contributed by atoms with Gasteiger partial charge >= 0.3 is 0 Å². The van der Waals surface area contributed by atoms with Gasteiger partial charge in [-0.05, 0) is 50.1 Å². The van der Waals surface area contributed by atoms with Crippen LogP contribution in [0.2, 0.25) is 0 Å². The lowest BCUT2D eigenvalue weighted by atomic mass is 10.1. The minimum absolute atomic E-state index is 0.0832. The van der Waals surface area contributed by atoms with E-state index in [1.54, 1.807) is 30.3 Å². The first-order chi connectivity index (χ1) is 14.1. The fourth-order valence-corrected chi connectivity index (χ4v) is 3.10. The Bertz CT molecular complexity index is 834. The second-order valence-corrected chi connectivity index (χ2v) is 6.79. The maximum Gasteiger partial charge on any atom is 0.251 e. The number of nitrogens with one attached hydrogen (secondary N) is 3. The van der Waals surface area contributed by atoms with Crippen molar-refractivity contribution in [1.82, 2.24) is 5.32 Å². The number of carbonyl (C=O) groups excluding carboxylic acids is 2. The maximum absolute atomic E-state index is 12.3. The molecule has 1 saturated heterocycles. The molecule has 1 fully saturated rings. The van der Waals surface area contributed by atoms with Crippen LogP contribution in [0.4, 0.5) is 11.4 Å². The van der Waals surface area contributed by atoms with Crippen molar-refractivity contribution in [3.05, 3.63) is 54.1 Å². The summed E-state index contributed by atoms with van der Waals surface area (Å²) in [5.41, 5.74) is 1.91. The molecule has 2 amide bonds. The van der Waals surface area contributed by atoms with E-state index in [0.717, 1.165) is 19.4 Å². The SMILES string of the molecule is CCOc1cccc(NC(=O)CNc2cccc(C(=O)NCC3CCCO3)c2)c1. The molecule has 0 aromatic heterocycles. The summed E-state index contributed by atoms with van der Waals surface area (Å²) in [6, 6.07) is 14.3. The summed E-state index contributed by atoms with van der Waals surface area (Å²) in [6.45, 7) is 3.83. The van der Waals surface area contributed by atoms with Gasteiger partial charge in [-0.15, -0.1) is 0 Å². The Morgan fingerprint density at radius 3 is 2.76 bits per heavy atom. The number of benzene rings is 2. The second kappa shape index (κ2) is 10.5. The molecule has 1 unspecified atom stereocenters. The number of ether oxygens (including phenoxy) is 2. The zero-order valence-corrected chi connectivity index (χ0v) is 16.6. The molecule has 2 aromatic carbocycles. The van der Waals surface area contributed by atoms with Crippen LogP contribution in [0.1, 0.15) is 30.1 Å². The van der Waals surface area contributed by atoms with Crippen molar-refractivity contribution in [2.24, 2.45) is 0 Å². The highest BCUT2D eigenvalue weighted by Gasteiger charge is 2.16. The van der Waals surface area contributed by atoms with Crippen molar-refractivity contribution in [3.8, 4) is 5.75 Å². The van der Waals surface area contributed by atoms with Crippen molar-refractivity contribution >= 4 is 23.2 Å². The van der Waals surface area contributed by atoms with Gasteiger partial charge in [0.05, 0.1) is 19.3 Å². The summed E-state index contributed by atoms with van der Waals surface area (Å²) < 4.78 is 11.0. The monoisotopic (exact) mass is 397 g/mol. The summed E-state index contributed by atoms with van der Waals surface area (Å²) in [4.78, 5) is 24.5. The van der Waals surface area contributed by atoms with E-state index in [0.29, 0.717) is 35.8 Å². The maximum atomic E-state index is 12.3. The van der Waals surface area contributed by atoms with E-state index in [-0.39, 0.29) is 24.5 Å². The molecule has 1 heterocycles. The van der Waals surface area contributed by atoms with Crippen LogP contribution in [0.25, 0.3) is 0 Å². The molecule has 1 aliphatic rings. The Morgan fingerprint density at radius 2 is 1.97 bits per heavy atom. The molecular formula is C22H27N3O4. The fraction of sp³-hybridized carbons (Fsp3) is 0.364. The fourth-order valence-electron chi connectivity index (χ4n) is 3.10. The normalized spacial score (nSPS) is 15.6. The summed E-state index contributed by atoms with van der Waals surface area (Å²) in [5, 5.41) is 8.77. The predicted molar refractivity (Wildman–Crippen MR) is 112 cm³/mol. The molecule has 0 bridgehead atoms. The van der Waals surface area contributed by atoms with Gasteiger partial charge in [-0.2, -0.15) is 0 Å². The molecule has 0 saturated carbocycles. The lowest BCUT2D eigenvalue weighted by Crippen LogP contribution is -2.31. The molecular weight excluding hydrogens is 370 g/mol. The molecule has 2 aromatic rings. The lowest BCUT2D eigenvalue weighted by molar-refractivity contribution is -0.114. The highest BCUT2D eigenvalue weighted by atomic mass is 16.5. The molecule has 3 rings (SSSR count). The standard InChI is InChI=1S/C22H27N3O4/c1-2-28-19-9-4-8-18(13-19)25-21(26)15-23-17-7-3-6-16(12-17)22(27)24-14-20-10-5-11-29-20/h3-4,6-9,12-13,20,23H,2,5,10-11,14-15H2,1H3,(H,24,27)(H,25,26). The third-order valence-corrected chi connectivity index (χ3v) is 4.52. The van der Waals surface area contributed by atoms with Crippen molar-refractivity contribution in [2.45, 2.75) is 25.9 Å². The van der Waals surface area contributed by atoms with Crippen LogP contribution < -0.4 is 20.7 Å². The Kier molecular flexibility index (Phi) is 7.47. The minimum Gasteiger partial charge on any atom is -0.494 e.